The molecule has 0 saturated carbocycles. The van der Waals surface area contributed by atoms with Crippen LogP contribution in [0.25, 0.3) is 0 Å². The second-order valence-corrected chi connectivity index (χ2v) is 3.11. The summed E-state index contributed by atoms with van der Waals surface area (Å²) < 4.78 is 5.73. The number of nitrogens with zero attached hydrogens (tertiary/aromatic N) is 3. The molecule has 0 unspecified atom stereocenters. The van der Waals surface area contributed by atoms with E-state index in [1.54, 1.807) is 0 Å². The molecule has 0 radical (unpaired) electrons. The second kappa shape index (κ2) is 5.84. The zero-order valence-corrected chi connectivity index (χ0v) is 9.27. The number of hydrogen-bond acceptors (Lipinski definition) is 5. The normalized spacial score (nSPS) is 9.88. The van der Waals surface area contributed by atoms with Crippen LogP contribution in [0.4, 0.5) is 0 Å². The summed E-state index contributed by atoms with van der Waals surface area (Å²) in [6.45, 7) is 2.63. The zero-order chi connectivity index (χ0) is 12.0. The van der Waals surface area contributed by atoms with Crippen molar-refractivity contribution in [3.8, 4) is 0 Å². The highest BCUT2D eigenvalue weighted by Gasteiger charge is 2.12. The lowest BCUT2D eigenvalue weighted by Crippen LogP contribution is -2.28. The largest absolute Gasteiger partial charge is 0.463 e. The van der Waals surface area contributed by atoms with E-state index in [2.05, 4.69) is 20.1 Å². The third kappa shape index (κ3) is 3.34. The third-order valence-corrected chi connectivity index (χ3v) is 1.78. The summed E-state index contributed by atoms with van der Waals surface area (Å²) in [4.78, 5) is 26.0. The van der Waals surface area contributed by atoms with Crippen molar-refractivity contribution >= 4 is 11.9 Å². The molecular formula is C9H14N4O3. The number of ether oxygens (including phenoxy) is 1. The Morgan fingerprint density at radius 3 is 2.94 bits per heavy atom. The van der Waals surface area contributed by atoms with Gasteiger partial charge in [-0.25, -0.2) is 14.5 Å². The molecule has 1 aromatic heterocycles. The van der Waals surface area contributed by atoms with Crippen LogP contribution >= 0.6 is 0 Å². The average Bonchev–Trinajstić information content (AvgIpc) is 2.73. The van der Waals surface area contributed by atoms with Crippen molar-refractivity contribution in [2.24, 2.45) is 0 Å². The van der Waals surface area contributed by atoms with Crippen LogP contribution in [-0.4, -0.2) is 40.3 Å². The van der Waals surface area contributed by atoms with Crippen molar-refractivity contribution in [1.29, 1.82) is 0 Å². The maximum Gasteiger partial charge on any atom is 0.377 e. The lowest BCUT2D eigenvalue weighted by Gasteiger charge is -2.02. The van der Waals surface area contributed by atoms with Gasteiger partial charge in [-0.1, -0.05) is 6.92 Å². The summed E-state index contributed by atoms with van der Waals surface area (Å²) in [5, 5.41) is 6.49. The molecule has 0 aliphatic rings. The first-order valence-electron chi connectivity index (χ1n) is 4.91. The highest BCUT2D eigenvalue weighted by molar-refractivity contribution is 5.84. The number of nitrogens with one attached hydrogen (secondary N) is 1. The highest BCUT2D eigenvalue weighted by atomic mass is 16.5. The van der Waals surface area contributed by atoms with Gasteiger partial charge in [0, 0.05) is 6.54 Å². The minimum atomic E-state index is -0.618. The van der Waals surface area contributed by atoms with Gasteiger partial charge in [-0.3, -0.25) is 4.79 Å². The average molecular weight is 226 g/mol. The zero-order valence-electron chi connectivity index (χ0n) is 9.27. The van der Waals surface area contributed by atoms with E-state index in [1.807, 2.05) is 6.92 Å². The van der Waals surface area contributed by atoms with E-state index in [0.29, 0.717) is 6.54 Å². The predicted molar refractivity (Wildman–Crippen MR) is 54.7 cm³/mol. The highest BCUT2D eigenvalue weighted by Crippen LogP contribution is 1.92. The number of rotatable bonds is 5. The molecule has 16 heavy (non-hydrogen) atoms. The minimum absolute atomic E-state index is 0.0456. The SMILES string of the molecule is CCCNC(=O)Cn1cnc(C(=O)OC)n1. The van der Waals surface area contributed by atoms with Gasteiger partial charge in [0.15, 0.2) is 0 Å². The first-order valence-corrected chi connectivity index (χ1v) is 4.91. The summed E-state index contributed by atoms with van der Waals surface area (Å²) in [5.74, 6) is -0.832. The topological polar surface area (TPSA) is 86.1 Å². The molecule has 0 aromatic carbocycles. The summed E-state index contributed by atoms with van der Waals surface area (Å²) in [5.41, 5.74) is 0. The van der Waals surface area contributed by atoms with Crippen LogP contribution in [0.5, 0.6) is 0 Å². The van der Waals surface area contributed by atoms with Gasteiger partial charge in [0.2, 0.25) is 5.91 Å². The molecule has 0 saturated heterocycles. The van der Waals surface area contributed by atoms with E-state index in [4.69, 9.17) is 0 Å². The van der Waals surface area contributed by atoms with E-state index in [0.717, 1.165) is 6.42 Å². The van der Waals surface area contributed by atoms with Gasteiger partial charge >= 0.3 is 5.97 Å². The fourth-order valence-electron chi connectivity index (χ4n) is 1.02. The van der Waals surface area contributed by atoms with Gasteiger partial charge in [0.05, 0.1) is 7.11 Å². The summed E-state index contributed by atoms with van der Waals surface area (Å²) in [7, 11) is 1.25. The van der Waals surface area contributed by atoms with Gasteiger partial charge in [-0.05, 0) is 6.42 Å². The fraction of sp³-hybridized carbons (Fsp3) is 0.556. The Balaban J connectivity index is 2.52. The molecule has 1 aromatic rings. The van der Waals surface area contributed by atoms with E-state index in [-0.39, 0.29) is 18.3 Å². The Kier molecular flexibility index (Phi) is 4.43. The Morgan fingerprint density at radius 1 is 1.56 bits per heavy atom. The Labute approximate surface area is 92.8 Å². The number of esters is 1. The third-order valence-electron chi connectivity index (χ3n) is 1.78. The molecular weight excluding hydrogens is 212 g/mol. The standard InChI is InChI=1S/C9H14N4O3/c1-3-4-10-7(14)5-13-6-11-8(12-13)9(15)16-2/h6H,3-5H2,1-2H3,(H,10,14). The van der Waals surface area contributed by atoms with Crippen molar-refractivity contribution in [1.82, 2.24) is 20.1 Å². The van der Waals surface area contributed by atoms with Crippen molar-refractivity contribution in [3.05, 3.63) is 12.2 Å². The van der Waals surface area contributed by atoms with E-state index in [1.165, 1.54) is 18.1 Å². The molecule has 0 bridgehead atoms. The van der Waals surface area contributed by atoms with Crippen molar-refractivity contribution in [2.45, 2.75) is 19.9 Å². The van der Waals surface area contributed by atoms with E-state index >= 15 is 0 Å². The van der Waals surface area contributed by atoms with Crippen molar-refractivity contribution < 1.29 is 14.3 Å². The molecule has 0 aliphatic carbocycles. The molecule has 7 nitrogen and oxygen atoms in total. The summed E-state index contributed by atoms with van der Waals surface area (Å²) >= 11 is 0. The molecule has 0 fully saturated rings. The van der Waals surface area contributed by atoms with Crippen molar-refractivity contribution in [3.63, 3.8) is 0 Å². The Morgan fingerprint density at radius 2 is 2.31 bits per heavy atom. The molecule has 1 N–H and O–H groups in total. The van der Waals surface area contributed by atoms with Gasteiger partial charge in [-0.15, -0.1) is 5.10 Å². The number of carbonyl (C=O) groups excluding carboxylic acids is 2. The molecule has 0 aliphatic heterocycles. The molecule has 1 heterocycles. The van der Waals surface area contributed by atoms with Crippen molar-refractivity contribution in [2.75, 3.05) is 13.7 Å². The molecule has 7 heteroatoms. The van der Waals surface area contributed by atoms with Gasteiger partial charge in [0.1, 0.15) is 12.9 Å². The molecule has 1 rings (SSSR count). The maximum atomic E-state index is 11.3. The van der Waals surface area contributed by atoms with Crippen LogP contribution in [0.2, 0.25) is 0 Å². The van der Waals surface area contributed by atoms with Crippen LogP contribution < -0.4 is 5.32 Å². The second-order valence-electron chi connectivity index (χ2n) is 3.11. The number of methoxy groups -OCH3 is 1. The van der Waals surface area contributed by atoms with Crippen LogP contribution in [0, 0.1) is 0 Å². The Hall–Kier alpha value is -1.92. The van der Waals surface area contributed by atoms with Crippen LogP contribution in [0.3, 0.4) is 0 Å². The number of hydrogen-bond donors (Lipinski definition) is 1. The summed E-state index contributed by atoms with van der Waals surface area (Å²) in [6.07, 6.45) is 2.19. The van der Waals surface area contributed by atoms with Crippen LogP contribution in [-0.2, 0) is 16.1 Å². The van der Waals surface area contributed by atoms with Gasteiger partial charge in [-0.2, -0.15) is 0 Å². The number of amides is 1. The predicted octanol–water partition coefficient (Wildman–Crippen LogP) is -0.409. The Bertz CT molecular complexity index is 375. The number of carbonyl (C=O) groups is 2. The summed E-state index contributed by atoms with van der Waals surface area (Å²) in [6, 6.07) is 0. The molecule has 1 amide bonds. The first-order chi connectivity index (χ1) is 7.67. The quantitative estimate of drug-likeness (QED) is 0.690. The smallest absolute Gasteiger partial charge is 0.377 e. The van der Waals surface area contributed by atoms with Gasteiger partial charge in [0.25, 0.3) is 5.82 Å². The number of aromatic nitrogens is 3. The van der Waals surface area contributed by atoms with Crippen LogP contribution in [0.1, 0.15) is 24.0 Å². The van der Waals surface area contributed by atoms with Crippen LogP contribution in [0.15, 0.2) is 6.33 Å². The van der Waals surface area contributed by atoms with E-state index in [9.17, 15) is 9.59 Å². The lowest BCUT2D eigenvalue weighted by molar-refractivity contribution is -0.121. The maximum absolute atomic E-state index is 11.3. The molecule has 88 valence electrons. The monoisotopic (exact) mass is 226 g/mol. The molecule has 0 atom stereocenters. The lowest BCUT2D eigenvalue weighted by atomic mass is 10.4. The minimum Gasteiger partial charge on any atom is -0.463 e. The van der Waals surface area contributed by atoms with E-state index < -0.39 is 5.97 Å². The fourth-order valence-corrected chi connectivity index (χ4v) is 1.02. The molecule has 0 spiro atoms. The van der Waals surface area contributed by atoms with Gasteiger partial charge < -0.3 is 10.1 Å². The first kappa shape index (κ1) is 12.2.